The third-order valence-electron chi connectivity index (χ3n) is 3.03. The summed E-state index contributed by atoms with van der Waals surface area (Å²) in [5.74, 6) is -0.293. The molecular weight excluding hydrogens is 265 g/mol. The third kappa shape index (κ3) is 2.02. The van der Waals surface area contributed by atoms with Crippen molar-refractivity contribution in [3.05, 3.63) is 65.1 Å². The van der Waals surface area contributed by atoms with Crippen LogP contribution in [-0.4, -0.2) is 10.9 Å². The zero-order valence-electron chi connectivity index (χ0n) is 9.81. The van der Waals surface area contributed by atoms with Gasteiger partial charge in [0, 0.05) is 27.9 Å². The van der Waals surface area contributed by atoms with Crippen LogP contribution in [0, 0.1) is 5.82 Å². The Hall–Kier alpha value is -2.13. The number of fused-ring (bicyclic) bond motifs is 1. The van der Waals surface area contributed by atoms with Gasteiger partial charge in [-0.3, -0.25) is 4.79 Å². The maximum Gasteiger partial charge on any atom is 0.152 e. The molecule has 19 heavy (non-hydrogen) atoms. The molecule has 1 aromatic heterocycles. The van der Waals surface area contributed by atoms with E-state index in [0.717, 1.165) is 22.9 Å². The average molecular weight is 274 g/mol. The Morgan fingerprint density at radius 1 is 1.11 bits per heavy atom. The van der Waals surface area contributed by atoms with Gasteiger partial charge in [-0.1, -0.05) is 11.6 Å². The van der Waals surface area contributed by atoms with Crippen molar-refractivity contribution in [2.45, 2.75) is 0 Å². The summed E-state index contributed by atoms with van der Waals surface area (Å²) >= 11 is 5.95. The minimum Gasteiger partial charge on any atom is -0.316 e. The normalized spacial score (nSPS) is 10.8. The lowest BCUT2D eigenvalue weighted by molar-refractivity contribution is 0.112. The predicted molar refractivity (Wildman–Crippen MR) is 73.6 cm³/mol. The van der Waals surface area contributed by atoms with Gasteiger partial charge in [0.15, 0.2) is 6.29 Å². The summed E-state index contributed by atoms with van der Waals surface area (Å²) in [6, 6.07) is 11.5. The molecule has 1 heterocycles. The molecule has 0 radical (unpaired) electrons. The van der Waals surface area contributed by atoms with Gasteiger partial charge in [-0.2, -0.15) is 0 Å². The van der Waals surface area contributed by atoms with E-state index in [1.54, 1.807) is 30.5 Å². The standard InChI is InChI=1S/C15H9ClFNO/c16-11-1-6-15-14(7-11)10(9-19)8-18(15)13-4-2-12(17)3-5-13/h1-9H. The van der Waals surface area contributed by atoms with Crippen LogP contribution in [-0.2, 0) is 0 Å². The Labute approximate surface area is 114 Å². The minimum atomic E-state index is -0.293. The van der Waals surface area contributed by atoms with E-state index in [0.29, 0.717) is 10.6 Å². The van der Waals surface area contributed by atoms with Gasteiger partial charge in [0.1, 0.15) is 5.82 Å². The van der Waals surface area contributed by atoms with Crippen LogP contribution in [0.4, 0.5) is 4.39 Å². The summed E-state index contributed by atoms with van der Waals surface area (Å²) in [6.07, 6.45) is 2.51. The molecule has 0 amide bonds. The number of carbonyl (C=O) groups is 1. The van der Waals surface area contributed by atoms with Crippen molar-refractivity contribution in [3.8, 4) is 5.69 Å². The van der Waals surface area contributed by atoms with Crippen molar-refractivity contribution in [1.29, 1.82) is 0 Å². The molecule has 4 heteroatoms. The average Bonchev–Trinajstić information content (AvgIpc) is 2.77. The summed E-state index contributed by atoms with van der Waals surface area (Å²) in [4.78, 5) is 11.1. The van der Waals surface area contributed by atoms with Crippen molar-refractivity contribution in [3.63, 3.8) is 0 Å². The van der Waals surface area contributed by atoms with Crippen LogP contribution in [0.1, 0.15) is 10.4 Å². The molecule has 0 saturated heterocycles. The van der Waals surface area contributed by atoms with Crippen molar-refractivity contribution in [2.24, 2.45) is 0 Å². The third-order valence-corrected chi connectivity index (χ3v) is 3.26. The second-order valence-electron chi connectivity index (χ2n) is 4.21. The van der Waals surface area contributed by atoms with E-state index in [9.17, 15) is 9.18 Å². The molecule has 94 valence electrons. The molecular formula is C15H9ClFNO. The van der Waals surface area contributed by atoms with Crippen LogP contribution in [0.5, 0.6) is 0 Å². The van der Waals surface area contributed by atoms with Crippen molar-refractivity contribution >= 4 is 28.8 Å². The first-order valence-electron chi connectivity index (χ1n) is 5.71. The van der Waals surface area contributed by atoms with Crippen molar-refractivity contribution in [2.75, 3.05) is 0 Å². The zero-order valence-corrected chi connectivity index (χ0v) is 10.6. The molecule has 0 N–H and O–H groups in total. The van der Waals surface area contributed by atoms with Gasteiger partial charge in [0.2, 0.25) is 0 Å². The second-order valence-corrected chi connectivity index (χ2v) is 4.65. The van der Waals surface area contributed by atoms with Crippen LogP contribution >= 0.6 is 11.6 Å². The number of halogens is 2. The monoisotopic (exact) mass is 273 g/mol. The van der Waals surface area contributed by atoms with Crippen LogP contribution in [0.2, 0.25) is 5.02 Å². The number of hydrogen-bond acceptors (Lipinski definition) is 1. The molecule has 2 nitrogen and oxygen atoms in total. The summed E-state index contributed by atoms with van der Waals surface area (Å²) in [5, 5.41) is 1.36. The molecule has 0 unspecified atom stereocenters. The Bertz CT molecular complexity index is 762. The minimum absolute atomic E-state index is 0.293. The predicted octanol–water partition coefficient (Wildman–Crippen LogP) is 4.24. The van der Waals surface area contributed by atoms with E-state index in [1.165, 1.54) is 12.1 Å². The number of benzene rings is 2. The maximum atomic E-state index is 13.0. The van der Waals surface area contributed by atoms with E-state index >= 15 is 0 Å². The zero-order chi connectivity index (χ0) is 13.4. The summed E-state index contributed by atoms with van der Waals surface area (Å²) in [7, 11) is 0. The fraction of sp³-hybridized carbons (Fsp3) is 0. The second kappa shape index (κ2) is 4.52. The highest BCUT2D eigenvalue weighted by Crippen LogP contribution is 2.26. The number of rotatable bonds is 2. The lowest BCUT2D eigenvalue weighted by Gasteiger charge is -2.05. The number of aldehydes is 1. The molecule has 0 aliphatic carbocycles. The van der Waals surface area contributed by atoms with Crippen LogP contribution < -0.4 is 0 Å². The van der Waals surface area contributed by atoms with Crippen LogP contribution in [0.15, 0.2) is 48.7 Å². The molecule has 3 rings (SSSR count). The first-order valence-corrected chi connectivity index (χ1v) is 6.08. The Balaban J connectivity index is 2.29. The summed E-state index contributed by atoms with van der Waals surface area (Å²) < 4.78 is 14.8. The SMILES string of the molecule is O=Cc1cn(-c2ccc(F)cc2)c2ccc(Cl)cc12. The van der Waals surface area contributed by atoms with Gasteiger partial charge in [0.05, 0.1) is 5.52 Å². The number of hydrogen-bond donors (Lipinski definition) is 0. The maximum absolute atomic E-state index is 13.0. The number of nitrogens with zero attached hydrogens (tertiary/aromatic N) is 1. The highest BCUT2D eigenvalue weighted by Gasteiger charge is 2.09. The Morgan fingerprint density at radius 3 is 2.53 bits per heavy atom. The van der Waals surface area contributed by atoms with Gasteiger partial charge in [-0.15, -0.1) is 0 Å². The van der Waals surface area contributed by atoms with Gasteiger partial charge >= 0.3 is 0 Å². The van der Waals surface area contributed by atoms with E-state index < -0.39 is 0 Å². The van der Waals surface area contributed by atoms with E-state index in [2.05, 4.69) is 0 Å². The van der Waals surface area contributed by atoms with E-state index in [-0.39, 0.29) is 5.82 Å². The van der Waals surface area contributed by atoms with E-state index in [1.807, 2.05) is 10.6 Å². The van der Waals surface area contributed by atoms with Crippen molar-refractivity contribution in [1.82, 2.24) is 4.57 Å². The molecule has 0 aliphatic rings. The summed E-state index contributed by atoms with van der Waals surface area (Å²) in [5.41, 5.74) is 2.21. The molecule has 0 saturated carbocycles. The Morgan fingerprint density at radius 2 is 1.84 bits per heavy atom. The van der Waals surface area contributed by atoms with Crippen LogP contribution in [0.25, 0.3) is 16.6 Å². The molecule has 0 spiro atoms. The highest BCUT2D eigenvalue weighted by atomic mass is 35.5. The van der Waals surface area contributed by atoms with Gasteiger partial charge in [-0.25, -0.2) is 4.39 Å². The van der Waals surface area contributed by atoms with Gasteiger partial charge in [-0.05, 0) is 42.5 Å². The van der Waals surface area contributed by atoms with Crippen molar-refractivity contribution < 1.29 is 9.18 Å². The summed E-state index contributed by atoms with van der Waals surface area (Å²) in [6.45, 7) is 0. The molecule has 0 aliphatic heterocycles. The highest BCUT2D eigenvalue weighted by molar-refractivity contribution is 6.31. The molecule has 3 aromatic rings. The number of aromatic nitrogens is 1. The van der Waals surface area contributed by atoms with Gasteiger partial charge < -0.3 is 4.57 Å². The first-order chi connectivity index (χ1) is 9.19. The lowest BCUT2D eigenvalue weighted by Crippen LogP contribution is -1.91. The van der Waals surface area contributed by atoms with Gasteiger partial charge in [0.25, 0.3) is 0 Å². The fourth-order valence-electron chi connectivity index (χ4n) is 2.14. The topological polar surface area (TPSA) is 22.0 Å². The Kier molecular flexibility index (Phi) is 2.84. The smallest absolute Gasteiger partial charge is 0.152 e. The number of carbonyl (C=O) groups excluding carboxylic acids is 1. The molecule has 0 bridgehead atoms. The largest absolute Gasteiger partial charge is 0.316 e. The fourth-order valence-corrected chi connectivity index (χ4v) is 2.31. The molecule has 0 fully saturated rings. The van der Waals surface area contributed by atoms with E-state index in [4.69, 9.17) is 11.6 Å². The first kappa shape index (κ1) is 11.9. The lowest BCUT2D eigenvalue weighted by atomic mass is 10.2. The molecule has 0 atom stereocenters. The quantitative estimate of drug-likeness (QED) is 0.640. The van der Waals surface area contributed by atoms with Crippen LogP contribution in [0.3, 0.4) is 0 Å². The molecule has 2 aromatic carbocycles.